The molecule has 3 heteroatoms. The van der Waals surface area contributed by atoms with Crippen molar-refractivity contribution in [1.29, 1.82) is 0 Å². The Kier molecular flexibility index (Phi) is 5.14. The van der Waals surface area contributed by atoms with Crippen LogP contribution in [0.25, 0.3) is 0 Å². The van der Waals surface area contributed by atoms with Crippen LogP contribution in [0.2, 0.25) is 0 Å². The van der Waals surface area contributed by atoms with Gasteiger partial charge in [0.25, 0.3) is 0 Å². The molecule has 1 aromatic rings. The van der Waals surface area contributed by atoms with Crippen LogP contribution in [0.4, 0.5) is 0 Å². The lowest BCUT2D eigenvalue weighted by molar-refractivity contribution is 0.179. The zero-order chi connectivity index (χ0) is 12.8. The Hall–Kier alpha value is -0.930. The van der Waals surface area contributed by atoms with E-state index in [2.05, 4.69) is 35.1 Å². The summed E-state index contributed by atoms with van der Waals surface area (Å²) in [6.07, 6.45) is 6.31. The molecule has 1 fully saturated rings. The van der Waals surface area contributed by atoms with Crippen LogP contribution in [0.5, 0.6) is 0 Å². The third-order valence-corrected chi connectivity index (χ3v) is 3.53. The lowest BCUT2D eigenvalue weighted by Crippen LogP contribution is -2.43. The number of nitrogens with one attached hydrogen (secondary N) is 1. The van der Waals surface area contributed by atoms with Gasteiger partial charge in [-0.1, -0.05) is 19.9 Å². The molecule has 3 nitrogen and oxygen atoms in total. The molecule has 1 N–H and O–H groups in total. The Labute approximate surface area is 111 Å². The lowest BCUT2D eigenvalue weighted by atomic mass is 10.0. The first-order chi connectivity index (χ1) is 8.74. The summed E-state index contributed by atoms with van der Waals surface area (Å²) in [5, 5.41) is 3.65. The monoisotopic (exact) mass is 247 g/mol. The van der Waals surface area contributed by atoms with E-state index in [0.29, 0.717) is 6.04 Å². The highest BCUT2D eigenvalue weighted by molar-refractivity contribution is 5.08. The van der Waals surface area contributed by atoms with Crippen molar-refractivity contribution >= 4 is 0 Å². The van der Waals surface area contributed by atoms with E-state index in [1.807, 2.05) is 18.5 Å². The SMILES string of the molecule is CC(C)CN1CCC(NCc2cccnc2)CC1. The number of hydrogen-bond acceptors (Lipinski definition) is 3. The van der Waals surface area contributed by atoms with Gasteiger partial charge in [0.05, 0.1) is 0 Å². The van der Waals surface area contributed by atoms with Crippen LogP contribution in [-0.4, -0.2) is 35.6 Å². The second-order valence-electron chi connectivity index (χ2n) is 5.71. The normalized spacial score (nSPS) is 18.4. The highest BCUT2D eigenvalue weighted by atomic mass is 15.1. The second-order valence-corrected chi connectivity index (χ2v) is 5.71. The van der Waals surface area contributed by atoms with E-state index < -0.39 is 0 Å². The molecule has 0 atom stereocenters. The fourth-order valence-corrected chi connectivity index (χ4v) is 2.60. The molecule has 0 radical (unpaired) electrons. The van der Waals surface area contributed by atoms with Crippen LogP contribution in [0.15, 0.2) is 24.5 Å². The van der Waals surface area contributed by atoms with Gasteiger partial charge in [0.1, 0.15) is 0 Å². The lowest BCUT2D eigenvalue weighted by Gasteiger charge is -2.33. The molecule has 18 heavy (non-hydrogen) atoms. The summed E-state index contributed by atoms with van der Waals surface area (Å²) in [6, 6.07) is 4.81. The van der Waals surface area contributed by atoms with Crippen LogP contribution < -0.4 is 5.32 Å². The molecule has 0 aliphatic carbocycles. The molecule has 0 unspecified atom stereocenters. The molecule has 0 aromatic carbocycles. The fraction of sp³-hybridized carbons (Fsp3) is 0.667. The van der Waals surface area contributed by atoms with Crippen LogP contribution in [0.1, 0.15) is 32.3 Å². The molecule has 0 saturated carbocycles. The van der Waals surface area contributed by atoms with E-state index >= 15 is 0 Å². The van der Waals surface area contributed by atoms with E-state index in [-0.39, 0.29) is 0 Å². The van der Waals surface area contributed by atoms with Crippen molar-refractivity contribution in [3.63, 3.8) is 0 Å². The number of rotatable bonds is 5. The van der Waals surface area contributed by atoms with Gasteiger partial charge in [-0.05, 0) is 43.5 Å². The van der Waals surface area contributed by atoms with Gasteiger partial charge in [-0.3, -0.25) is 4.98 Å². The first kappa shape index (κ1) is 13.5. The van der Waals surface area contributed by atoms with Gasteiger partial charge in [-0.2, -0.15) is 0 Å². The van der Waals surface area contributed by atoms with Gasteiger partial charge in [0.15, 0.2) is 0 Å². The van der Waals surface area contributed by atoms with Crippen molar-refractivity contribution in [2.45, 2.75) is 39.3 Å². The first-order valence-corrected chi connectivity index (χ1v) is 7.08. The number of piperidine rings is 1. The van der Waals surface area contributed by atoms with Crippen LogP contribution in [0.3, 0.4) is 0 Å². The minimum atomic E-state index is 0.675. The van der Waals surface area contributed by atoms with Crippen molar-refractivity contribution in [1.82, 2.24) is 15.2 Å². The minimum absolute atomic E-state index is 0.675. The predicted octanol–water partition coefficient (Wildman–Crippen LogP) is 2.29. The van der Waals surface area contributed by atoms with E-state index in [4.69, 9.17) is 0 Å². The average molecular weight is 247 g/mol. The van der Waals surface area contributed by atoms with Gasteiger partial charge in [-0.25, -0.2) is 0 Å². The summed E-state index contributed by atoms with van der Waals surface area (Å²) in [5.41, 5.74) is 1.28. The highest BCUT2D eigenvalue weighted by Crippen LogP contribution is 2.12. The van der Waals surface area contributed by atoms with Gasteiger partial charge < -0.3 is 10.2 Å². The third kappa shape index (κ3) is 4.39. The molecular formula is C15H25N3. The van der Waals surface area contributed by atoms with Gasteiger partial charge in [0, 0.05) is 31.5 Å². The first-order valence-electron chi connectivity index (χ1n) is 7.08. The van der Waals surface area contributed by atoms with Gasteiger partial charge in [-0.15, -0.1) is 0 Å². The Morgan fingerprint density at radius 2 is 2.17 bits per heavy atom. The molecule has 0 spiro atoms. The Balaban J connectivity index is 1.68. The zero-order valence-electron chi connectivity index (χ0n) is 11.6. The molecule has 2 heterocycles. The topological polar surface area (TPSA) is 28.2 Å². The smallest absolute Gasteiger partial charge is 0.0312 e. The number of pyridine rings is 1. The van der Waals surface area contributed by atoms with E-state index in [1.54, 1.807) is 0 Å². The largest absolute Gasteiger partial charge is 0.310 e. The predicted molar refractivity (Wildman–Crippen MR) is 75.4 cm³/mol. The number of hydrogen-bond donors (Lipinski definition) is 1. The molecule has 1 aromatic heterocycles. The van der Waals surface area contributed by atoms with Crippen molar-refractivity contribution < 1.29 is 0 Å². The van der Waals surface area contributed by atoms with Crippen molar-refractivity contribution in [3.05, 3.63) is 30.1 Å². The molecular weight excluding hydrogens is 222 g/mol. The molecule has 0 bridgehead atoms. The molecule has 2 rings (SSSR count). The fourth-order valence-electron chi connectivity index (χ4n) is 2.60. The third-order valence-electron chi connectivity index (χ3n) is 3.53. The van der Waals surface area contributed by atoms with Crippen LogP contribution in [0, 0.1) is 5.92 Å². The molecule has 100 valence electrons. The molecule has 0 amide bonds. The maximum atomic E-state index is 4.14. The summed E-state index contributed by atoms with van der Waals surface area (Å²) in [6.45, 7) is 9.27. The summed E-state index contributed by atoms with van der Waals surface area (Å²) in [4.78, 5) is 6.74. The summed E-state index contributed by atoms with van der Waals surface area (Å²) >= 11 is 0. The Morgan fingerprint density at radius 3 is 2.78 bits per heavy atom. The minimum Gasteiger partial charge on any atom is -0.310 e. The van der Waals surface area contributed by atoms with E-state index in [0.717, 1.165) is 12.5 Å². The zero-order valence-corrected chi connectivity index (χ0v) is 11.6. The van der Waals surface area contributed by atoms with Crippen molar-refractivity contribution in [2.75, 3.05) is 19.6 Å². The molecule has 1 saturated heterocycles. The van der Waals surface area contributed by atoms with Gasteiger partial charge in [0.2, 0.25) is 0 Å². The Morgan fingerprint density at radius 1 is 1.39 bits per heavy atom. The van der Waals surface area contributed by atoms with Gasteiger partial charge >= 0.3 is 0 Å². The van der Waals surface area contributed by atoms with Crippen LogP contribution in [-0.2, 0) is 6.54 Å². The van der Waals surface area contributed by atoms with Crippen molar-refractivity contribution in [3.8, 4) is 0 Å². The number of nitrogens with zero attached hydrogens (tertiary/aromatic N) is 2. The highest BCUT2D eigenvalue weighted by Gasteiger charge is 2.18. The van der Waals surface area contributed by atoms with E-state index in [9.17, 15) is 0 Å². The quantitative estimate of drug-likeness (QED) is 0.865. The summed E-state index contributed by atoms with van der Waals surface area (Å²) in [5.74, 6) is 0.782. The average Bonchev–Trinajstić information content (AvgIpc) is 2.38. The standard InChI is InChI=1S/C15H25N3/c1-13(2)12-18-8-5-15(6-9-18)17-11-14-4-3-7-16-10-14/h3-4,7,10,13,15,17H,5-6,8-9,11-12H2,1-2H3. The second kappa shape index (κ2) is 6.86. The Bertz CT molecular complexity index is 329. The number of aromatic nitrogens is 1. The van der Waals surface area contributed by atoms with Crippen LogP contribution >= 0.6 is 0 Å². The molecule has 1 aliphatic heterocycles. The van der Waals surface area contributed by atoms with Crippen molar-refractivity contribution in [2.24, 2.45) is 5.92 Å². The molecule has 1 aliphatic rings. The maximum Gasteiger partial charge on any atom is 0.0312 e. The summed E-state index contributed by atoms with van der Waals surface area (Å²) < 4.78 is 0. The maximum absolute atomic E-state index is 4.14. The summed E-state index contributed by atoms with van der Waals surface area (Å²) in [7, 11) is 0. The van der Waals surface area contributed by atoms with E-state index in [1.165, 1.54) is 38.0 Å². The number of likely N-dealkylation sites (tertiary alicyclic amines) is 1.